The van der Waals surface area contributed by atoms with Gasteiger partial charge in [-0.1, -0.05) is 45.4 Å². The van der Waals surface area contributed by atoms with E-state index in [-0.39, 0.29) is 5.43 Å². The van der Waals surface area contributed by atoms with Gasteiger partial charge < -0.3 is 10.3 Å². The van der Waals surface area contributed by atoms with Crippen LogP contribution in [0.25, 0.3) is 0 Å². The van der Waals surface area contributed by atoms with Gasteiger partial charge in [0.15, 0.2) is 0 Å². The molecule has 3 nitrogen and oxygen atoms in total. The summed E-state index contributed by atoms with van der Waals surface area (Å²) in [6.07, 6.45) is 12.6. The molecule has 4 heteroatoms. The molecule has 0 aliphatic heterocycles. The number of hydrogen-bond acceptors (Lipinski definition) is 2. The zero-order valence-corrected chi connectivity index (χ0v) is 12.7. The first kappa shape index (κ1) is 15.3. The fraction of sp³-hybridized carbons (Fsp3) is 0.643. The van der Waals surface area contributed by atoms with Gasteiger partial charge in [0.1, 0.15) is 0 Å². The largest absolute Gasteiger partial charge is 0.394 e. The van der Waals surface area contributed by atoms with Crippen molar-refractivity contribution >= 4 is 21.6 Å². The van der Waals surface area contributed by atoms with Crippen molar-refractivity contribution in [1.29, 1.82) is 0 Å². The minimum absolute atomic E-state index is 0.120. The molecule has 0 radical (unpaired) electrons. The molecule has 0 bridgehead atoms. The van der Waals surface area contributed by atoms with E-state index < -0.39 is 0 Å². The van der Waals surface area contributed by atoms with Crippen molar-refractivity contribution in [2.24, 2.45) is 0 Å². The van der Waals surface area contributed by atoms with Crippen LogP contribution in [0.4, 0.5) is 5.69 Å². The molecule has 1 aromatic heterocycles. The number of rotatable bonds is 8. The van der Waals surface area contributed by atoms with Gasteiger partial charge >= 0.3 is 0 Å². The lowest BCUT2D eigenvalue weighted by atomic mass is 10.1. The fourth-order valence-corrected chi connectivity index (χ4v) is 2.49. The summed E-state index contributed by atoms with van der Waals surface area (Å²) in [5.74, 6) is 0. The van der Waals surface area contributed by atoms with Crippen molar-refractivity contribution in [3.63, 3.8) is 0 Å². The zero-order chi connectivity index (χ0) is 13.4. The summed E-state index contributed by atoms with van der Waals surface area (Å²) >= 11 is 3.23. The summed E-state index contributed by atoms with van der Waals surface area (Å²) in [6.45, 7) is 3.16. The molecule has 0 saturated heterocycles. The molecule has 1 rings (SSSR count). The van der Waals surface area contributed by atoms with Crippen LogP contribution in [-0.2, 0) is 6.54 Å². The highest BCUT2D eigenvalue weighted by Crippen LogP contribution is 2.10. The van der Waals surface area contributed by atoms with Crippen LogP contribution >= 0.6 is 15.9 Å². The van der Waals surface area contributed by atoms with Crippen molar-refractivity contribution in [2.45, 2.75) is 58.4 Å². The Morgan fingerprint density at radius 1 is 1.11 bits per heavy atom. The standard InChI is InChI=1S/C14H23BrN2O/c1-2-3-4-5-6-7-8-9-17-10-12(15)14(18)13(16)11-17/h10-11H,2-9,16H2,1H3. The highest BCUT2D eigenvalue weighted by molar-refractivity contribution is 9.10. The average molecular weight is 315 g/mol. The van der Waals surface area contributed by atoms with Gasteiger partial charge in [0.25, 0.3) is 0 Å². The molecule has 0 aliphatic carbocycles. The van der Waals surface area contributed by atoms with Crippen LogP contribution in [0.15, 0.2) is 21.7 Å². The first-order valence-electron chi connectivity index (χ1n) is 6.80. The van der Waals surface area contributed by atoms with E-state index in [1.807, 2.05) is 10.8 Å². The molecule has 0 amide bonds. The number of aryl methyl sites for hydroxylation is 1. The number of anilines is 1. The van der Waals surface area contributed by atoms with Crippen molar-refractivity contribution < 1.29 is 0 Å². The molecule has 0 fully saturated rings. The molecule has 0 saturated carbocycles. The maximum atomic E-state index is 11.4. The summed E-state index contributed by atoms with van der Waals surface area (Å²) in [7, 11) is 0. The zero-order valence-electron chi connectivity index (χ0n) is 11.1. The third-order valence-electron chi connectivity index (χ3n) is 3.08. The first-order valence-corrected chi connectivity index (χ1v) is 7.59. The lowest BCUT2D eigenvalue weighted by Gasteiger charge is -2.08. The van der Waals surface area contributed by atoms with Gasteiger partial charge in [-0.05, 0) is 22.4 Å². The quantitative estimate of drug-likeness (QED) is 0.739. The number of nitrogens with zero attached hydrogens (tertiary/aromatic N) is 1. The minimum atomic E-state index is -0.120. The summed E-state index contributed by atoms with van der Waals surface area (Å²) in [6, 6.07) is 0. The van der Waals surface area contributed by atoms with Gasteiger partial charge in [-0.3, -0.25) is 4.79 Å². The summed E-state index contributed by atoms with van der Waals surface area (Å²) in [5.41, 5.74) is 5.84. The van der Waals surface area contributed by atoms with Crippen LogP contribution in [0.2, 0.25) is 0 Å². The van der Waals surface area contributed by atoms with Crippen LogP contribution in [0, 0.1) is 0 Å². The predicted molar refractivity (Wildman–Crippen MR) is 80.8 cm³/mol. The first-order chi connectivity index (χ1) is 8.65. The molecule has 102 valence electrons. The molecule has 0 aromatic carbocycles. The van der Waals surface area contributed by atoms with Crippen molar-refractivity contribution in [1.82, 2.24) is 4.57 Å². The van der Waals surface area contributed by atoms with E-state index in [1.54, 1.807) is 6.20 Å². The Morgan fingerprint density at radius 3 is 2.33 bits per heavy atom. The van der Waals surface area contributed by atoms with Crippen LogP contribution in [-0.4, -0.2) is 4.57 Å². The number of hydrogen-bond donors (Lipinski definition) is 1. The highest BCUT2D eigenvalue weighted by Gasteiger charge is 2.01. The van der Waals surface area contributed by atoms with Crippen molar-refractivity contribution in [3.05, 3.63) is 27.1 Å². The third kappa shape index (κ3) is 5.25. The Bertz CT molecular complexity index is 388. The average Bonchev–Trinajstić information content (AvgIpc) is 2.34. The third-order valence-corrected chi connectivity index (χ3v) is 3.65. The lowest BCUT2D eigenvalue weighted by Crippen LogP contribution is -2.13. The van der Waals surface area contributed by atoms with E-state index in [0.717, 1.165) is 13.0 Å². The summed E-state index contributed by atoms with van der Waals surface area (Å²) < 4.78 is 2.54. The Kier molecular flexibility index (Phi) is 7.09. The Balaban J connectivity index is 2.25. The Labute approximate surface area is 118 Å². The van der Waals surface area contributed by atoms with Crippen LogP contribution < -0.4 is 11.2 Å². The van der Waals surface area contributed by atoms with Gasteiger partial charge in [0, 0.05) is 18.9 Å². The van der Waals surface area contributed by atoms with E-state index >= 15 is 0 Å². The maximum Gasteiger partial charge on any atom is 0.218 e. The van der Waals surface area contributed by atoms with Gasteiger partial charge in [-0.25, -0.2) is 0 Å². The molecule has 0 aliphatic rings. The van der Waals surface area contributed by atoms with Crippen LogP contribution in [0.5, 0.6) is 0 Å². The van der Waals surface area contributed by atoms with E-state index in [4.69, 9.17) is 5.73 Å². The van der Waals surface area contributed by atoms with Crippen molar-refractivity contribution in [2.75, 3.05) is 5.73 Å². The van der Waals surface area contributed by atoms with Gasteiger partial charge in [-0.2, -0.15) is 0 Å². The van der Waals surface area contributed by atoms with Gasteiger partial charge in [0.2, 0.25) is 5.43 Å². The predicted octanol–water partition coefficient (Wildman–Crippen LogP) is 3.94. The smallest absolute Gasteiger partial charge is 0.218 e. The Hall–Kier alpha value is -0.770. The van der Waals surface area contributed by atoms with Crippen LogP contribution in [0.3, 0.4) is 0 Å². The molecular weight excluding hydrogens is 292 g/mol. The molecule has 18 heavy (non-hydrogen) atoms. The topological polar surface area (TPSA) is 48.0 Å². The number of halogens is 1. The normalized spacial score (nSPS) is 10.8. The second kappa shape index (κ2) is 8.35. The molecular formula is C14H23BrN2O. The molecule has 1 aromatic rings. The van der Waals surface area contributed by atoms with Crippen LogP contribution in [0.1, 0.15) is 51.9 Å². The second-order valence-corrected chi connectivity index (χ2v) is 5.60. The SMILES string of the molecule is CCCCCCCCCn1cc(N)c(=O)c(Br)c1. The maximum absolute atomic E-state index is 11.4. The lowest BCUT2D eigenvalue weighted by molar-refractivity contribution is 0.548. The minimum Gasteiger partial charge on any atom is -0.394 e. The van der Waals surface area contributed by atoms with Gasteiger partial charge in [-0.15, -0.1) is 0 Å². The van der Waals surface area contributed by atoms with E-state index in [1.165, 1.54) is 38.5 Å². The number of pyridine rings is 1. The molecule has 1 heterocycles. The molecule has 0 unspecified atom stereocenters. The summed E-state index contributed by atoms with van der Waals surface area (Å²) in [5, 5.41) is 0. The number of aromatic nitrogens is 1. The van der Waals surface area contributed by atoms with Crippen molar-refractivity contribution in [3.8, 4) is 0 Å². The highest BCUT2D eigenvalue weighted by atomic mass is 79.9. The Morgan fingerprint density at radius 2 is 1.72 bits per heavy atom. The fourth-order valence-electron chi connectivity index (χ4n) is 2.00. The molecule has 0 atom stereocenters. The van der Waals surface area contributed by atoms with E-state index in [0.29, 0.717) is 10.2 Å². The monoisotopic (exact) mass is 314 g/mol. The second-order valence-electron chi connectivity index (χ2n) is 4.75. The number of nitrogen functional groups attached to an aromatic ring is 1. The van der Waals surface area contributed by atoms with E-state index in [9.17, 15) is 4.79 Å². The number of unbranched alkanes of at least 4 members (excludes halogenated alkanes) is 6. The molecule has 2 N–H and O–H groups in total. The number of nitrogens with two attached hydrogens (primary N) is 1. The molecule has 0 spiro atoms. The van der Waals surface area contributed by atoms with Gasteiger partial charge in [0.05, 0.1) is 10.2 Å². The summed E-state index contributed by atoms with van der Waals surface area (Å²) in [4.78, 5) is 11.4. The van der Waals surface area contributed by atoms with E-state index in [2.05, 4.69) is 22.9 Å².